The summed E-state index contributed by atoms with van der Waals surface area (Å²) in [5, 5.41) is 8.56. The number of nitrogens with two attached hydrogens (primary N) is 1. The van der Waals surface area contributed by atoms with Gasteiger partial charge in [-0.15, -0.1) is 0 Å². The first-order valence-electron chi connectivity index (χ1n) is 4.58. The molecule has 0 bridgehead atoms. The molecule has 1 aliphatic rings. The average Bonchev–Trinajstić information content (AvgIpc) is 2.19. The minimum Gasteiger partial charge on any atom is -0.396 e. The van der Waals surface area contributed by atoms with Crippen LogP contribution in [0.5, 0.6) is 0 Å². The Hall–Kier alpha value is -0.420. The summed E-state index contributed by atoms with van der Waals surface area (Å²) in [6.07, 6.45) is 0.698. The van der Waals surface area contributed by atoms with Crippen molar-refractivity contribution in [1.82, 2.24) is 4.90 Å². The highest BCUT2D eigenvalue weighted by Crippen LogP contribution is 2.08. The van der Waals surface area contributed by atoms with E-state index in [1.165, 1.54) is 0 Å². The molecule has 0 aliphatic carbocycles. The van der Waals surface area contributed by atoms with Crippen molar-refractivity contribution in [2.75, 3.05) is 37.7 Å². The van der Waals surface area contributed by atoms with E-state index >= 15 is 0 Å². The number of aliphatic hydroxyl groups excluding tert-OH is 1. The maximum absolute atomic E-state index is 8.56. The molecular weight excluding hydrogens is 186 g/mol. The number of aliphatic imine (C=N–C) groups is 1. The molecule has 0 aromatic rings. The molecule has 1 fully saturated rings. The standard InChI is InChI=1S/C8H17N3OS/c9-8(10-2-1-5-12)11-3-6-13-7-4-11/h12H,1-7H2,(H2,9,10). The van der Waals surface area contributed by atoms with Gasteiger partial charge < -0.3 is 15.7 Å². The Morgan fingerprint density at radius 1 is 1.46 bits per heavy atom. The Bertz CT molecular complexity index is 169. The SMILES string of the molecule is NC(=NCCCO)N1CCSCC1. The van der Waals surface area contributed by atoms with Crippen LogP contribution in [0.4, 0.5) is 0 Å². The first-order chi connectivity index (χ1) is 6.34. The van der Waals surface area contributed by atoms with Gasteiger partial charge in [0.1, 0.15) is 0 Å². The highest BCUT2D eigenvalue weighted by Gasteiger charge is 2.11. The molecule has 0 aromatic heterocycles. The highest BCUT2D eigenvalue weighted by molar-refractivity contribution is 7.99. The van der Waals surface area contributed by atoms with Crippen LogP contribution in [0.1, 0.15) is 6.42 Å². The number of guanidine groups is 1. The van der Waals surface area contributed by atoms with Crippen LogP contribution in [0.25, 0.3) is 0 Å². The fourth-order valence-corrected chi connectivity index (χ4v) is 2.06. The molecule has 0 atom stereocenters. The van der Waals surface area contributed by atoms with Gasteiger partial charge in [-0.2, -0.15) is 11.8 Å². The maximum atomic E-state index is 8.56. The fraction of sp³-hybridized carbons (Fsp3) is 0.875. The maximum Gasteiger partial charge on any atom is 0.191 e. The topological polar surface area (TPSA) is 61.9 Å². The zero-order valence-electron chi connectivity index (χ0n) is 7.78. The number of rotatable bonds is 3. The smallest absolute Gasteiger partial charge is 0.191 e. The van der Waals surface area contributed by atoms with E-state index in [0.717, 1.165) is 24.6 Å². The Kier molecular flexibility index (Phi) is 5.00. The molecule has 5 heteroatoms. The van der Waals surface area contributed by atoms with Gasteiger partial charge in [-0.05, 0) is 6.42 Å². The van der Waals surface area contributed by atoms with Crippen molar-refractivity contribution in [3.05, 3.63) is 0 Å². The Morgan fingerprint density at radius 3 is 2.77 bits per heavy atom. The molecule has 0 amide bonds. The second-order valence-corrected chi connectivity index (χ2v) is 4.14. The number of aliphatic hydroxyl groups is 1. The molecule has 76 valence electrons. The number of nitrogens with zero attached hydrogens (tertiary/aromatic N) is 2. The van der Waals surface area contributed by atoms with Crippen LogP contribution in [0.2, 0.25) is 0 Å². The predicted octanol–water partition coefficient (Wildman–Crippen LogP) is -0.268. The molecule has 0 radical (unpaired) electrons. The van der Waals surface area contributed by atoms with Gasteiger partial charge in [-0.3, -0.25) is 4.99 Å². The van der Waals surface area contributed by atoms with E-state index in [9.17, 15) is 0 Å². The van der Waals surface area contributed by atoms with Gasteiger partial charge in [0.2, 0.25) is 0 Å². The lowest BCUT2D eigenvalue weighted by molar-refractivity contribution is 0.291. The van der Waals surface area contributed by atoms with Crippen LogP contribution in [-0.2, 0) is 0 Å². The zero-order chi connectivity index (χ0) is 9.52. The first-order valence-corrected chi connectivity index (χ1v) is 5.73. The van der Waals surface area contributed by atoms with Crippen LogP contribution < -0.4 is 5.73 Å². The van der Waals surface area contributed by atoms with E-state index in [4.69, 9.17) is 10.8 Å². The molecule has 1 rings (SSSR count). The summed E-state index contributed by atoms with van der Waals surface area (Å²) in [6.45, 7) is 2.82. The van der Waals surface area contributed by atoms with Crippen LogP contribution in [-0.4, -0.2) is 53.7 Å². The summed E-state index contributed by atoms with van der Waals surface area (Å²) >= 11 is 1.95. The Morgan fingerprint density at radius 2 is 2.15 bits per heavy atom. The minimum absolute atomic E-state index is 0.187. The summed E-state index contributed by atoms with van der Waals surface area (Å²) in [6, 6.07) is 0. The number of hydrogen-bond acceptors (Lipinski definition) is 3. The highest BCUT2D eigenvalue weighted by atomic mass is 32.2. The molecular formula is C8H17N3OS. The summed E-state index contributed by atoms with van der Waals surface area (Å²) in [5.41, 5.74) is 5.77. The van der Waals surface area contributed by atoms with E-state index in [-0.39, 0.29) is 6.61 Å². The van der Waals surface area contributed by atoms with E-state index in [1.54, 1.807) is 0 Å². The molecule has 13 heavy (non-hydrogen) atoms. The first kappa shape index (κ1) is 10.7. The summed E-state index contributed by atoms with van der Waals surface area (Å²) in [5.74, 6) is 2.90. The largest absolute Gasteiger partial charge is 0.396 e. The normalized spacial score (nSPS) is 19.2. The summed E-state index contributed by atoms with van der Waals surface area (Å²) in [4.78, 5) is 6.29. The molecule has 4 nitrogen and oxygen atoms in total. The molecule has 0 unspecified atom stereocenters. The van der Waals surface area contributed by atoms with Crippen molar-refractivity contribution in [1.29, 1.82) is 0 Å². The van der Waals surface area contributed by atoms with Crippen molar-refractivity contribution >= 4 is 17.7 Å². The molecule has 0 aromatic carbocycles. The average molecular weight is 203 g/mol. The molecule has 1 aliphatic heterocycles. The van der Waals surface area contributed by atoms with Crippen molar-refractivity contribution in [3.63, 3.8) is 0 Å². The third kappa shape index (κ3) is 3.87. The van der Waals surface area contributed by atoms with Gasteiger partial charge in [0, 0.05) is 37.7 Å². The van der Waals surface area contributed by atoms with Gasteiger partial charge in [0.25, 0.3) is 0 Å². The molecule has 0 spiro atoms. The Labute approximate surface area is 83.2 Å². The van der Waals surface area contributed by atoms with Crippen molar-refractivity contribution in [3.8, 4) is 0 Å². The number of hydrogen-bond donors (Lipinski definition) is 2. The van der Waals surface area contributed by atoms with E-state index < -0.39 is 0 Å². The van der Waals surface area contributed by atoms with Gasteiger partial charge in [0.05, 0.1) is 0 Å². The number of thioether (sulfide) groups is 1. The van der Waals surface area contributed by atoms with Crippen molar-refractivity contribution in [2.45, 2.75) is 6.42 Å². The van der Waals surface area contributed by atoms with Gasteiger partial charge in [-0.1, -0.05) is 0 Å². The van der Waals surface area contributed by atoms with Crippen LogP contribution >= 0.6 is 11.8 Å². The molecule has 1 saturated heterocycles. The van der Waals surface area contributed by atoms with Crippen molar-refractivity contribution in [2.24, 2.45) is 10.7 Å². The second kappa shape index (κ2) is 6.10. The zero-order valence-corrected chi connectivity index (χ0v) is 8.59. The van der Waals surface area contributed by atoms with Crippen LogP contribution in [0.3, 0.4) is 0 Å². The van der Waals surface area contributed by atoms with Gasteiger partial charge >= 0.3 is 0 Å². The lowest BCUT2D eigenvalue weighted by Crippen LogP contribution is -2.42. The van der Waals surface area contributed by atoms with E-state index in [0.29, 0.717) is 18.9 Å². The molecule has 0 saturated carbocycles. The molecule has 1 heterocycles. The quantitative estimate of drug-likeness (QED) is 0.377. The lowest BCUT2D eigenvalue weighted by atomic mass is 10.4. The van der Waals surface area contributed by atoms with Crippen LogP contribution in [0, 0.1) is 0 Å². The van der Waals surface area contributed by atoms with Gasteiger partial charge in [-0.25, -0.2) is 0 Å². The predicted molar refractivity (Wildman–Crippen MR) is 57.1 cm³/mol. The fourth-order valence-electron chi connectivity index (χ4n) is 1.16. The lowest BCUT2D eigenvalue weighted by Gasteiger charge is -2.27. The monoisotopic (exact) mass is 203 g/mol. The third-order valence-corrected chi connectivity index (χ3v) is 2.87. The van der Waals surface area contributed by atoms with Gasteiger partial charge in [0.15, 0.2) is 5.96 Å². The van der Waals surface area contributed by atoms with Crippen molar-refractivity contribution < 1.29 is 5.11 Å². The van der Waals surface area contributed by atoms with E-state index in [2.05, 4.69) is 9.89 Å². The third-order valence-electron chi connectivity index (χ3n) is 1.93. The summed E-state index contributed by atoms with van der Waals surface area (Å²) in [7, 11) is 0. The van der Waals surface area contributed by atoms with Crippen LogP contribution in [0.15, 0.2) is 4.99 Å². The minimum atomic E-state index is 0.187. The summed E-state index contributed by atoms with van der Waals surface area (Å²) < 4.78 is 0. The Balaban J connectivity index is 2.27. The van der Waals surface area contributed by atoms with E-state index in [1.807, 2.05) is 11.8 Å². The molecule has 3 N–H and O–H groups in total. The second-order valence-electron chi connectivity index (χ2n) is 2.92.